The summed E-state index contributed by atoms with van der Waals surface area (Å²) in [4.78, 5) is 20.8. The summed E-state index contributed by atoms with van der Waals surface area (Å²) in [6, 6.07) is -0.698. The van der Waals surface area contributed by atoms with Crippen LogP contribution in [-0.4, -0.2) is 11.8 Å². The monoisotopic (exact) mass is 154 g/mol. The first-order chi connectivity index (χ1) is 5.04. The summed E-state index contributed by atoms with van der Waals surface area (Å²) in [7, 11) is 0. The van der Waals surface area contributed by atoms with Crippen molar-refractivity contribution >= 4 is 11.8 Å². The predicted octanol–water partition coefficient (Wildman–Crippen LogP) is 0.314. The number of nitrogens with one attached hydrogen (secondary N) is 1. The molecule has 11 heavy (non-hydrogen) atoms. The first-order valence-electron chi connectivity index (χ1n) is 2.96. The molecule has 0 aromatic heterocycles. The first-order valence-corrected chi connectivity index (χ1v) is 2.96. The standard InChI is InChI=1S/C7H10N2O2/c1-5(2)6(10)3-4-9-7(8)11/h3-4H,1H2,2H3,(H3,8,9,11). The highest BCUT2D eigenvalue weighted by molar-refractivity contribution is 6.03. The zero-order valence-corrected chi connectivity index (χ0v) is 6.26. The molecule has 0 aromatic rings. The second-order valence-corrected chi connectivity index (χ2v) is 1.99. The van der Waals surface area contributed by atoms with Crippen LogP contribution in [0.2, 0.25) is 0 Å². The Morgan fingerprint density at radius 3 is 2.45 bits per heavy atom. The molecule has 0 spiro atoms. The second-order valence-electron chi connectivity index (χ2n) is 1.99. The molecule has 0 bridgehead atoms. The summed E-state index contributed by atoms with van der Waals surface area (Å²) in [6.45, 7) is 4.99. The summed E-state index contributed by atoms with van der Waals surface area (Å²) in [6.07, 6.45) is 2.37. The molecule has 2 amide bonds. The van der Waals surface area contributed by atoms with Gasteiger partial charge in [-0.1, -0.05) is 6.58 Å². The molecule has 0 atom stereocenters. The van der Waals surface area contributed by atoms with Crippen molar-refractivity contribution in [1.82, 2.24) is 5.32 Å². The van der Waals surface area contributed by atoms with E-state index in [1.54, 1.807) is 6.92 Å². The van der Waals surface area contributed by atoms with Gasteiger partial charge in [-0.05, 0) is 12.5 Å². The molecule has 0 saturated carbocycles. The molecule has 0 fully saturated rings. The van der Waals surface area contributed by atoms with Gasteiger partial charge in [0.15, 0.2) is 5.78 Å². The number of ketones is 1. The van der Waals surface area contributed by atoms with Crippen LogP contribution in [-0.2, 0) is 4.79 Å². The summed E-state index contributed by atoms with van der Waals surface area (Å²) in [5.41, 5.74) is 5.13. The smallest absolute Gasteiger partial charge is 0.316 e. The van der Waals surface area contributed by atoms with Gasteiger partial charge in [0.2, 0.25) is 0 Å². The molecular weight excluding hydrogens is 144 g/mol. The Hall–Kier alpha value is -1.58. The number of carbonyl (C=O) groups is 2. The van der Waals surface area contributed by atoms with Gasteiger partial charge in [-0.2, -0.15) is 0 Å². The summed E-state index contributed by atoms with van der Waals surface area (Å²) < 4.78 is 0. The predicted molar refractivity (Wildman–Crippen MR) is 41.7 cm³/mol. The summed E-state index contributed by atoms with van der Waals surface area (Å²) in [5.74, 6) is -0.237. The lowest BCUT2D eigenvalue weighted by molar-refractivity contribution is -0.111. The molecule has 0 aromatic carbocycles. The molecule has 0 aliphatic carbocycles. The van der Waals surface area contributed by atoms with Crippen molar-refractivity contribution in [2.75, 3.05) is 0 Å². The maximum Gasteiger partial charge on any atom is 0.316 e. The molecule has 3 N–H and O–H groups in total. The maximum absolute atomic E-state index is 10.7. The first kappa shape index (κ1) is 9.42. The molecule has 0 heterocycles. The third-order valence-corrected chi connectivity index (χ3v) is 0.881. The Kier molecular flexibility index (Phi) is 3.66. The molecule has 0 aliphatic rings. The van der Waals surface area contributed by atoms with Gasteiger partial charge < -0.3 is 11.1 Å². The van der Waals surface area contributed by atoms with Gasteiger partial charge in [0.25, 0.3) is 0 Å². The molecule has 4 heteroatoms. The Labute approximate surface area is 64.8 Å². The van der Waals surface area contributed by atoms with E-state index < -0.39 is 6.03 Å². The van der Waals surface area contributed by atoms with Gasteiger partial charge >= 0.3 is 6.03 Å². The van der Waals surface area contributed by atoms with E-state index in [0.29, 0.717) is 5.57 Å². The number of allylic oxidation sites excluding steroid dienone is 2. The number of urea groups is 1. The number of rotatable bonds is 3. The van der Waals surface area contributed by atoms with Crippen molar-refractivity contribution in [3.05, 3.63) is 24.4 Å². The lowest BCUT2D eigenvalue weighted by atomic mass is 10.2. The van der Waals surface area contributed by atoms with Crippen molar-refractivity contribution < 1.29 is 9.59 Å². The van der Waals surface area contributed by atoms with Crippen LogP contribution in [0.3, 0.4) is 0 Å². The number of carbonyl (C=O) groups excluding carboxylic acids is 2. The van der Waals surface area contributed by atoms with Crippen LogP contribution in [0.1, 0.15) is 6.92 Å². The third kappa shape index (κ3) is 4.90. The maximum atomic E-state index is 10.7. The minimum atomic E-state index is -0.698. The van der Waals surface area contributed by atoms with E-state index in [9.17, 15) is 9.59 Å². The molecule has 0 rings (SSSR count). The third-order valence-electron chi connectivity index (χ3n) is 0.881. The average molecular weight is 154 g/mol. The van der Waals surface area contributed by atoms with Gasteiger partial charge in [-0.15, -0.1) is 0 Å². The minimum absolute atomic E-state index is 0.237. The fourth-order valence-electron chi connectivity index (χ4n) is 0.342. The van der Waals surface area contributed by atoms with Crippen molar-refractivity contribution in [1.29, 1.82) is 0 Å². The van der Waals surface area contributed by atoms with Crippen LogP contribution in [0.5, 0.6) is 0 Å². The van der Waals surface area contributed by atoms with Crippen LogP contribution >= 0.6 is 0 Å². The van der Waals surface area contributed by atoms with E-state index in [4.69, 9.17) is 5.73 Å². The number of hydrogen-bond donors (Lipinski definition) is 2. The molecular formula is C7H10N2O2. The van der Waals surface area contributed by atoms with E-state index in [1.165, 1.54) is 12.3 Å². The Morgan fingerprint density at radius 1 is 1.55 bits per heavy atom. The number of nitrogens with two attached hydrogens (primary N) is 1. The van der Waals surface area contributed by atoms with E-state index in [2.05, 4.69) is 11.9 Å². The average Bonchev–Trinajstić information content (AvgIpc) is 1.86. The van der Waals surface area contributed by atoms with Gasteiger partial charge in [-0.3, -0.25) is 4.79 Å². The van der Waals surface area contributed by atoms with Crippen molar-refractivity contribution in [2.24, 2.45) is 5.73 Å². The minimum Gasteiger partial charge on any atom is -0.351 e. The Balaban J connectivity index is 3.84. The quantitative estimate of drug-likeness (QED) is 0.574. The van der Waals surface area contributed by atoms with Crippen molar-refractivity contribution in [2.45, 2.75) is 6.92 Å². The van der Waals surface area contributed by atoms with Crippen molar-refractivity contribution in [3.63, 3.8) is 0 Å². The van der Waals surface area contributed by atoms with Crippen molar-refractivity contribution in [3.8, 4) is 0 Å². The highest BCUT2D eigenvalue weighted by Gasteiger charge is 1.94. The van der Waals surface area contributed by atoms with Gasteiger partial charge in [0, 0.05) is 12.3 Å². The molecule has 0 radical (unpaired) electrons. The van der Waals surface area contributed by atoms with Crippen LogP contribution in [0.25, 0.3) is 0 Å². The van der Waals surface area contributed by atoms with Crippen LogP contribution in [0, 0.1) is 0 Å². The summed E-state index contributed by atoms with van der Waals surface area (Å²) in [5, 5.41) is 2.13. The lowest BCUT2D eigenvalue weighted by Crippen LogP contribution is -2.24. The van der Waals surface area contributed by atoms with Crippen LogP contribution in [0.15, 0.2) is 24.4 Å². The van der Waals surface area contributed by atoms with E-state index in [-0.39, 0.29) is 5.78 Å². The van der Waals surface area contributed by atoms with Gasteiger partial charge in [0.1, 0.15) is 0 Å². The fourth-order valence-corrected chi connectivity index (χ4v) is 0.342. The van der Waals surface area contributed by atoms with Gasteiger partial charge in [0.05, 0.1) is 0 Å². The highest BCUT2D eigenvalue weighted by atomic mass is 16.2. The summed E-state index contributed by atoms with van der Waals surface area (Å²) >= 11 is 0. The van der Waals surface area contributed by atoms with E-state index >= 15 is 0 Å². The molecule has 0 saturated heterocycles. The van der Waals surface area contributed by atoms with Crippen LogP contribution < -0.4 is 11.1 Å². The molecule has 4 nitrogen and oxygen atoms in total. The normalized spacial score (nSPS) is 9.55. The SMILES string of the molecule is C=C(C)C(=O)C=CNC(N)=O. The molecule has 0 aliphatic heterocycles. The van der Waals surface area contributed by atoms with Gasteiger partial charge in [-0.25, -0.2) is 4.79 Å². The molecule has 0 unspecified atom stereocenters. The zero-order chi connectivity index (χ0) is 8.85. The number of primary amides is 1. The number of hydrogen-bond acceptors (Lipinski definition) is 2. The number of amides is 2. The zero-order valence-electron chi connectivity index (χ0n) is 6.26. The highest BCUT2D eigenvalue weighted by Crippen LogP contribution is 1.89. The molecule has 60 valence electrons. The second kappa shape index (κ2) is 4.27. The van der Waals surface area contributed by atoms with Crippen LogP contribution in [0.4, 0.5) is 4.79 Å². The Bertz CT molecular complexity index is 218. The lowest BCUT2D eigenvalue weighted by Gasteiger charge is -1.90. The van der Waals surface area contributed by atoms with E-state index in [0.717, 1.165) is 0 Å². The fraction of sp³-hybridized carbons (Fsp3) is 0.143. The largest absolute Gasteiger partial charge is 0.351 e. The topological polar surface area (TPSA) is 72.2 Å². The Morgan fingerprint density at radius 2 is 2.09 bits per heavy atom. The van der Waals surface area contributed by atoms with E-state index in [1.807, 2.05) is 0 Å².